The Bertz CT molecular complexity index is 568. The van der Waals surface area contributed by atoms with E-state index >= 15 is 0 Å². The number of aromatic amines is 1. The molecule has 6 nitrogen and oxygen atoms in total. The molecular weight excluding hydrogens is 244 g/mol. The second-order valence-corrected chi connectivity index (χ2v) is 4.42. The van der Waals surface area contributed by atoms with Gasteiger partial charge in [-0.05, 0) is 6.92 Å². The lowest BCUT2D eigenvalue weighted by Gasteiger charge is -2.21. The van der Waals surface area contributed by atoms with Gasteiger partial charge in [0.2, 0.25) is 0 Å². The van der Waals surface area contributed by atoms with E-state index in [1.807, 2.05) is 13.0 Å². The van der Waals surface area contributed by atoms with E-state index in [1.165, 1.54) is 0 Å². The summed E-state index contributed by atoms with van der Waals surface area (Å²) < 4.78 is 11.0. The molecule has 2 aromatic rings. The number of anilines is 2. The Morgan fingerprint density at radius 2 is 2.05 bits per heavy atom. The second kappa shape index (κ2) is 4.72. The van der Waals surface area contributed by atoms with E-state index in [4.69, 9.17) is 15.2 Å². The van der Waals surface area contributed by atoms with Crippen molar-refractivity contribution in [3.8, 4) is 11.5 Å². The Hall–Kier alpha value is -2.37. The molecule has 1 aromatic carbocycles. The highest BCUT2D eigenvalue weighted by Crippen LogP contribution is 2.37. The van der Waals surface area contributed by atoms with E-state index in [0.29, 0.717) is 24.7 Å². The molecule has 1 aromatic heterocycles. The van der Waals surface area contributed by atoms with E-state index in [1.54, 1.807) is 18.5 Å². The van der Waals surface area contributed by atoms with Gasteiger partial charge >= 0.3 is 0 Å². The Kier molecular flexibility index (Phi) is 2.91. The number of benzene rings is 1. The van der Waals surface area contributed by atoms with Gasteiger partial charge in [-0.1, -0.05) is 0 Å². The first-order valence-corrected chi connectivity index (χ1v) is 6.19. The van der Waals surface area contributed by atoms with Crippen LogP contribution in [0.15, 0.2) is 24.5 Å². The molecule has 1 aliphatic heterocycles. The number of imidazole rings is 1. The van der Waals surface area contributed by atoms with E-state index in [2.05, 4.69) is 15.3 Å². The lowest BCUT2D eigenvalue weighted by atomic mass is 10.2. The van der Waals surface area contributed by atoms with Crippen LogP contribution in [0.2, 0.25) is 0 Å². The first kappa shape index (κ1) is 11.7. The fourth-order valence-electron chi connectivity index (χ4n) is 2.05. The summed E-state index contributed by atoms with van der Waals surface area (Å²) in [7, 11) is 0. The molecule has 100 valence electrons. The van der Waals surface area contributed by atoms with Crippen molar-refractivity contribution in [3.05, 3.63) is 30.4 Å². The Balaban J connectivity index is 1.84. The van der Waals surface area contributed by atoms with Gasteiger partial charge in [-0.15, -0.1) is 0 Å². The second-order valence-electron chi connectivity index (χ2n) is 4.42. The van der Waals surface area contributed by atoms with Gasteiger partial charge in [-0.2, -0.15) is 0 Å². The molecule has 0 amide bonds. The van der Waals surface area contributed by atoms with Crippen LogP contribution >= 0.6 is 0 Å². The molecule has 2 heterocycles. The highest BCUT2D eigenvalue weighted by atomic mass is 16.6. The van der Waals surface area contributed by atoms with Crippen molar-refractivity contribution in [3.63, 3.8) is 0 Å². The van der Waals surface area contributed by atoms with Crippen LogP contribution in [0, 0.1) is 0 Å². The monoisotopic (exact) mass is 260 g/mol. The fraction of sp³-hybridized carbons (Fsp3) is 0.308. The number of aromatic nitrogens is 2. The fourth-order valence-corrected chi connectivity index (χ4v) is 2.05. The molecule has 0 saturated heterocycles. The van der Waals surface area contributed by atoms with Crippen LogP contribution in [0.3, 0.4) is 0 Å². The molecule has 0 fully saturated rings. The van der Waals surface area contributed by atoms with Gasteiger partial charge in [0, 0.05) is 24.5 Å². The molecule has 0 radical (unpaired) electrons. The summed E-state index contributed by atoms with van der Waals surface area (Å²) in [5.74, 6) is 2.27. The SMILES string of the molecule is CC(Nc1cc2c(cc1N)OCCO2)c1ncc[nH]1. The molecule has 6 heteroatoms. The molecule has 0 spiro atoms. The van der Waals surface area contributed by atoms with E-state index < -0.39 is 0 Å². The van der Waals surface area contributed by atoms with Crippen molar-refractivity contribution in [1.82, 2.24) is 9.97 Å². The average Bonchev–Trinajstić information content (AvgIpc) is 2.93. The van der Waals surface area contributed by atoms with Crippen molar-refractivity contribution in [1.29, 1.82) is 0 Å². The molecule has 0 aliphatic carbocycles. The summed E-state index contributed by atoms with van der Waals surface area (Å²) in [6.45, 7) is 3.13. The summed E-state index contributed by atoms with van der Waals surface area (Å²) >= 11 is 0. The normalized spacial score (nSPS) is 15.0. The zero-order chi connectivity index (χ0) is 13.2. The minimum atomic E-state index is 0.0276. The lowest BCUT2D eigenvalue weighted by molar-refractivity contribution is 0.172. The van der Waals surface area contributed by atoms with Crippen LogP contribution in [0.1, 0.15) is 18.8 Å². The third-order valence-electron chi connectivity index (χ3n) is 3.02. The zero-order valence-corrected chi connectivity index (χ0v) is 10.6. The Labute approximate surface area is 110 Å². The Morgan fingerprint density at radius 1 is 1.32 bits per heavy atom. The van der Waals surface area contributed by atoms with Crippen LogP contribution in [0.25, 0.3) is 0 Å². The van der Waals surface area contributed by atoms with Crippen LogP contribution < -0.4 is 20.5 Å². The van der Waals surface area contributed by atoms with E-state index in [-0.39, 0.29) is 6.04 Å². The number of hydrogen-bond donors (Lipinski definition) is 3. The summed E-state index contributed by atoms with van der Waals surface area (Å²) in [6, 6.07) is 3.68. The number of nitrogens with two attached hydrogens (primary N) is 1. The number of nitrogens with zero attached hydrogens (tertiary/aromatic N) is 1. The maximum Gasteiger partial charge on any atom is 0.163 e. The van der Waals surface area contributed by atoms with Crippen LogP contribution in [0.5, 0.6) is 11.5 Å². The maximum atomic E-state index is 6.02. The number of ether oxygens (including phenoxy) is 2. The predicted molar refractivity (Wildman–Crippen MR) is 72.5 cm³/mol. The number of nitrogen functional groups attached to an aromatic ring is 1. The predicted octanol–water partition coefficient (Wildman–Crippen LogP) is 1.94. The molecule has 1 aliphatic rings. The topological polar surface area (TPSA) is 85.2 Å². The minimum absolute atomic E-state index is 0.0276. The van der Waals surface area contributed by atoms with Crippen molar-refractivity contribution >= 4 is 11.4 Å². The lowest BCUT2D eigenvalue weighted by Crippen LogP contribution is -2.16. The third kappa shape index (κ3) is 2.29. The van der Waals surface area contributed by atoms with Gasteiger partial charge in [-0.25, -0.2) is 4.98 Å². The van der Waals surface area contributed by atoms with Gasteiger partial charge in [0.15, 0.2) is 11.5 Å². The van der Waals surface area contributed by atoms with Crippen LogP contribution in [-0.2, 0) is 0 Å². The molecule has 3 rings (SSSR count). The summed E-state index contributed by atoms with van der Waals surface area (Å²) in [5, 5.41) is 3.31. The summed E-state index contributed by atoms with van der Waals surface area (Å²) in [4.78, 5) is 7.28. The quantitative estimate of drug-likeness (QED) is 0.734. The summed E-state index contributed by atoms with van der Waals surface area (Å²) in [6.07, 6.45) is 3.52. The van der Waals surface area contributed by atoms with Crippen molar-refractivity contribution in [2.75, 3.05) is 24.3 Å². The van der Waals surface area contributed by atoms with Gasteiger partial charge in [0.25, 0.3) is 0 Å². The molecule has 19 heavy (non-hydrogen) atoms. The van der Waals surface area contributed by atoms with E-state index in [0.717, 1.165) is 17.3 Å². The number of nitrogens with one attached hydrogen (secondary N) is 2. The number of hydrogen-bond acceptors (Lipinski definition) is 5. The highest BCUT2D eigenvalue weighted by Gasteiger charge is 2.16. The smallest absolute Gasteiger partial charge is 0.163 e. The van der Waals surface area contributed by atoms with Crippen molar-refractivity contribution in [2.24, 2.45) is 0 Å². The minimum Gasteiger partial charge on any atom is -0.486 e. The molecule has 4 N–H and O–H groups in total. The van der Waals surface area contributed by atoms with Gasteiger partial charge in [0.05, 0.1) is 17.4 Å². The van der Waals surface area contributed by atoms with Crippen molar-refractivity contribution < 1.29 is 9.47 Å². The average molecular weight is 260 g/mol. The molecule has 1 unspecified atom stereocenters. The molecule has 0 saturated carbocycles. The van der Waals surface area contributed by atoms with Crippen LogP contribution in [0.4, 0.5) is 11.4 Å². The number of fused-ring (bicyclic) bond motifs is 1. The van der Waals surface area contributed by atoms with Gasteiger partial charge < -0.3 is 25.5 Å². The van der Waals surface area contributed by atoms with Crippen LogP contribution in [-0.4, -0.2) is 23.2 Å². The molecular formula is C13H16N4O2. The molecule has 1 atom stereocenters. The third-order valence-corrected chi connectivity index (χ3v) is 3.02. The summed E-state index contributed by atoms with van der Waals surface area (Å²) in [5.41, 5.74) is 7.46. The van der Waals surface area contributed by atoms with E-state index in [9.17, 15) is 0 Å². The maximum absolute atomic E-state index is 6.02. The highest BCUT2D eigenvalue weighted by molar-refractivity contribution is 5.72. The number of rotatable bonds is 3. The molecule has 0 bridgehead atoms. The zero-order valence-electron chi connectivity index (χ0n) is 10.6. The standard InChI is InChI=1S/C13H16N4O2/c1-8(13-15-2-3-16-13)17-10-7-12-11(6-9(10)14)18-4-5-19-12/h2-3,6-8,17H,4-5,14H2,1H3,(H,15,16). The van der Waals surface area contributed by atoms with Crippen molar-refractivity contribution in [2.45, 2.75) is 13.0 Å². The number of H-pyrrole nitrogens is 1. The largest absolute Gasteiger partial charge is 0.486 e. The van der Waals surface area contributed by atoms with Gasteiger partial charge in [-0.3, -0.25) is 0 Å². The van der Waals surface area contributed by atoms with Gasteiger partial charge in [0.1, 0.15) is 19.0 Å². The Morgan fingerprint density at radius 3 is 2.74 bits per heavy atom. The first-order chi connectivity index (χ1) is 9.24. The first-order valence-electron chi connectivity index (χ1n) is 6.19.